The van der Waals surface area contributed by atoms with Gasteiger partial charge in [-0.3, -0.25) is 23.6 Å². The van der Waals surface area contributed by atoms with E-state index in [1.165, 1.54) is 30.3 Å². The van der Waals surface area contributed by atoms with Crippen molar-refractivity contribution in [1.82, 2.24) is 18.9 Å². The first-order valence-electron chi connectivity index (χ1n) is 8.83. The number of hydrogen-bond acceptors (Lipinski definition) is 4. The molecule has 2 aliphatic heterocycles. The summed E-state index contributed by atoms with van der Waals surface area (Å²) in [7, 11) is 1.43. The van der Waals surface area contributed by atoms with E-state index in [0.29, 0.717) is 6.04 Å². The third kappa shape index (κ3) is 3.05. The van der Waals surface area contributed by atoms with Gasteiger partial charge in [-0.05, 0) is 38.8 Å². The van der Waals surface area contributed by atoms with E-state index in [0.717, 1.165) is 43.5 Å². The number of aromatic nitrogens is 2. The molecular weight excluding hydrogens is 308 g/mol. The first-order chi connectivity index (χ1) is 11.5. The van der Waals surface area contributed by atoms with Gasteiger partial charge < -0.3 is 4.90 Å². The second kappa shape index (κ2) is 6.93. The summed E-state index contributed by atoms with van der Waals surface area (Å²) in [5.41, 5.74) is -0.796. The van der Waals surface area contributed by atoms with Gasteiger partial charge in [0, 0.05) is 37.9 Å². The van der Waals surface area contributed by atoms with Crippen LogP contribution in [-0.2, 0) is 18.4 Å². The predicted molar refractivity (Wildman–Crippen MR) is 90.9 cm³/mol. The molecule has 2 fully saturated rings. The number of hydrogen-bond donors (Lipinski definition) is 0. The monoisotopic (exact) mass is 334 g/mol. The standard InChI is InChI=1S/C17H26N4O3/c1-3-19-9-4-6-13(19)14-7-5-10-21(14)16(23)12-20-11-8-15(22)18(2)17(20)24/h8,11,13-14H,3-7,9-10,12H2,1-2H3/t13-,14+/m0/s1. The predicted octanol–water partition coefficient (Wildman–Crippen LogP) is 0.0223. The van der Waals surface area contributed by atoms with Crippen LogP contribution in [0.15, 0.2) is 21.9 Å². The number of nitrogens with zero attached hydrogens (tertiary/aromatic N) is 4. The number of likely N-dealkylation sites (tertiary alicyclic amines) is 2. The van der Waals surface area contributed by atoms with Crippen molar-refractivity contribution in [1.29, 1.82) is 0 Å². The summed E-state index contributed by atoms with van der Waals surface area (Å²) in [6.45, 7) is 5.06. The average Bonchev–Trinajstić information content (AvgIpc) is 3.23. The van der Waals surface area contributed by atoms with Gasteiger partial charge in [0.2, 0.25) is 5.91 Å². The van der Waals surface area contributed by atoms with Crippen molar-refractivity contribution in [3.05, 3.63) is 33.1 Å². The number of carbonyl (C=O) groups excluding carboxylic acids is 1. The van der Waals surface area contributed by atoms with E-state index in [1.807, 2.05) is 4.90 Å². The molecule has 24 heavy (non-hydrogen) atoms. The Kier molecular flexibility index (Phi) is 4.89. The summed E-state index contributed by atoms with van der Waals surface area (Å²) >= 11 is 0. The largest absolute Gasteiger partial charge is 0.337 e. The normalized spacial score (nSPS) is 24.7. The molecule has 0 radical (unpaired) electrons. The van der Waals surface area contributed by atoms with Gasteiger partial charge in [-0.1, -0.05) is 6.92 Å². The zero-order valence-corrected chi connectivity index (χ0v) is 14.5. The summed E-state index contributed by atoms with van der Waals surface area (Å²) in [6.07, 6.45) is 5.81. The van der Waals surface area contributed by atoms with E-state index in [1.54, 1.807) is 0 Å². The molecule has 0 aliphatic carbocycles. The first-order valence-corrected chi connectivity index (χ1v) is 8.83. The molecule has 1 aromatic heterocycles. The second-order valence-electron chi connectivity index (χ2n) is 6.76. The summed E-state index contributed by atoms with van der Waals surface area (Å²) in [5, 5.41) is 0. The summed E-state index contributed by atoms with van der Waals surface area (Å²) in [4.78, 5) is 40.8. The molecule has 2 atom stereocenters. The van der Waals surface area contributed by atoms with E-state index in [2.05, 4.69) is 11.8 Å². The highest BCUT2D eigenvalue weighted by atomic mass is 16.2. The van der Waals surface area contributed by atoms with Crippen molar-refractivity contribution < 1.29 is 4.79 Å². The molecule has 1 aromatic rings. The Hall–Kier alpha value is -1.89. The molecule has 2 saturated heterocycles. The molecule has 0 N–H and O–H groups in total. The quantitative estimate of drug-likeness (QED) is 0.779. The molecule has 0 saturated carbocycles. The van der Waals surface area contributed by atoms with Gasteiger partial charge in [0.15, 0.2) is 0 Å². The molecule has 132 valence electrons. The van der Waals surface area contributed by atoms with Crippen molar-refractivity contribution in [3.63, 3.8) is 0 Å². The summed E-state index contributed by atoms with van der Waals surface area (Å²) < 4.78 is 2.36. The highest BCUT2D eigenvalue weighted by molar-refractivity contribution is 5.76. The van der Waals surface area contributed by atoms with Crippen LogP contribution in [0.5, 0.6) is 0 Å². The lowest BCUT2D eigenvalue weighted by molar-refractivity contribution is -0.133. The summed E-state index contributed by atoms with van der Waals surface area (Å²) in [5.74, 6) is -0.0267. The Morgan fingerprint density at radius 3 is 2.62 bits per heavy atom. The Morgan fingerprint density at radius 1 is 1.17 bits per heavy atom. The van der Waals surface area contributed by atoms with Crippen molar-refractivity contribution in [2.75, 3.05) is 19.6 Å². The molecule has 1 amide bonds. The fourth-order valence-corrected chi connectivity index (χ4v) is 4.16. The van der Waals surface area contributed by atoms with Gasteiger partial charge in [0.25, 0.3) is 5.56 Å². The van der Waals surface area contributed by atoms with Crippen LogP contribution in [0.1, 0.15) is 32.6 Å². The fourth-order valence-electron chi connectivity index (χ4n) is 4.16. The zero-order chi connectivity index (χ0) is 17.3. The minimum atomic E-state index is -0.442. The Bertz CT molecular complexity index is 723. The molecule has 0 bridgehead atoms. The van der Waals surface area contributed by atoms with Crippen LogP contribution in [0, 0.1) is 0 Å². The maximum absolute atomic E-state index is 12.8. The lowest BCUT2D eigenvalue weighted by atomic mass is 10.0. The Balaban J connectivity index is 1.76. The molecule has 0 unspecified atom stereocenters. The van der Waals surface area contributed by atoms with Gasteiger partial charge in [-0.15, -0.1) is 0 Å². The minimum absolute atomic E-state index is 0.00228. The van der Waals surface area contributed by atoms with E-state index in [-0.39, 0.29) is 24.1 Å². The molecule has 3 rings (SSSR count). The third-order valence-corrected chi connectivity index (χ3v) is 5.45. The Labute approximate surface area is 141 Å². The van der Waals surface area contributed by atoms with Crippen molar-refractivity contribution >= 4 is 5.91 Å². The van der Waals surface area contributed by atoms with E-state index < -0.39 is 5.69 Å². The molecule has 7 nitrogen and oxygen atoms in total. The molecule has 7 heteroatoms. The van der Waals surface area contributed by atoms with E-state index in [4.69, 9.17) is 0 Å². The zero-order valence-electron chi connectivity index (χ0n) is 14.5. The number of rotatable bonds is 4. The molecule has 0 spiro atoms. The minimum Gasteiger partial charge on any atom is -0.337 e. The number of carbonyl (C=O) groups is 1. The van der Waals surface area contributed by atoms with Crippen LogP contribution in [0.25, 0.3) is 0 Å². The van der Waals surface area contributed by atoms with Crippen LogP contribution in [0.2, 0.25) is 0 Å². The average molecular weight is 334 g/mol. The van der Waals surface area contributed by atoms with Crippen LogP contribution < -0.4 is 11.2 Å². The first kappa shape index (κ1) is 17.0. The maximum atomic E-state index is 12.8. The fraction of sp³-hybridized carbons (Fsp3) is 0.706. The lowest BCUT2D eigenvalue weighted by Crippen LogP contribution is -2.50. The Morgan fingerprint density at radius 2 is 1.88 bits per heavy atom. The van der Waals surface area contributed by atoms with Gasteiger partial charge in [0.1, 0.15) is 6.54 Å². The van der Waals surface area contributed by atoms with Crippen molar-refractivity contribution in [2.24, 2.45) is 7.05 Å². The second-order valence-corrected chi connectivity index (χ2v) is 6.76. The van der Waals surface area contributed by atoms with Gasteiger partial charge in [-0.2, -0.15) is 0 Å². The van der Waals surface area contributed by atoms with Gasteiger partial charge in [0.05, 0.1) is 0 Å². The number of likely N-dealkylation sites (N-methyl/N-ethyl adjacent to an activating group) is 1. The van der Waals surface area contributed by atoms with Crippen LogP contribution in [0.4, 0.5) is 0 Å². The lowest BCUT2D eigenvalue weighted by Gasteiger charge is -2.34. The summed E-state index contributed by atoms with van der Waals surface area (Å²) in [6, 6.07) is 2.02. The SMILES string of the molecule is CCN1CCC[C@H]1[C@H]1CCCN1C(=O)Cn1ccc(=O)n(C)c1=O. The molecule has 3 heterocycles. The molecule has 2 aliphatic rings. The van der Waals surface area contributed by atoms with Crippen LogP contribution >= 0.6 is 0 Å². The number of amides is 1. The molecule has 0 aromatic carbocycles. The van der Waals surface area contributed by atoms with Crippen molar-refractivity contribution in [2.45, 2.75) is 51.2 Å². The van der Waals surface area contributed by atoms with Gasteiger partial charge >= 0.3 is 5.69 Å². The van der Waals surface area contributed by atoms with E-state index >= 15 is 0 Å². The van der Waals surface area contributed by atoms with Crippen molar-refractivity contribution in [3.8, 4) is 0 Å². The van der Waals surface area contributed by atoms with Gasteiger partial charge in [-0.25, -0.2) is 4.79 Å². The van der Waals surface area contributed by atoms with Crippen LogP contribution in [0.3, 0.4) is 0 Å². The smallest absolute Gasteiger partial charge is 0.331 e. The highest BCUT2D eigenvalue weighted by Crippen LogP contribution is 2.29. The van der Waals surface area contributed by atoms with E-state index in [9.17, 15) is 14.4 Å². The van der Waals surface area contributed by atoms with Crippen LogP contribution in [-0.4, -0.2) is 56.6 Å². The maximum Gasteiger partial charge on any atom is 0.331 e. The third-order valence-electron chi connectivity index (χ3n) is 5.45. The molecular formula is C17H26N4O3. The highest BCUT2D eigenvalue weighted by Gasteiger charge is 2.39. The topological polar surface area (TPSA) is 67.5 Å².